The summed E-state index contributed by atoms with van der Waals surface area (Å²) in [6.07, 6.45) is 0.183. The van der Waals surface area contributed by atoms with Gasteiger partial charge in [-0.1, -0.05) is 12.1 Å². The zero-order valence-corrected chi connectivity index (χ0v) is 12.9. The zero-order chi connectivity index (χ0) is 17.0. The molecule has 2 rings (SSSR count). The van der Waals surface area contributed by atoms with E-state index in [1.54, 1.807) is 12.1 Å². The molecule has 0 saturated heterocycles. The molecule has 0 spiro atoms. The molecule has 1 heterocycles. The summed E-state index contributed by atoms with van der Waals surface area (Å²) in [7, 11) is 0. The van der Waals surface area contributed by atoms with Crippen LogP contribution in [-0.4, -0.2) is 23.3 Å². The Morgan fingerprint density at radius 2 is 1.52 bits per heavy atom. The monoisotopic (exact) mass is 395 g/mol. The molecule has 4 nitrogen and oxygen atoms in total. The summed E-state index contributed by atoms with van der Waals surface area (Å²) in [5, 5.41) is 10.2. The highest BCUT2D eigenvalue weighted by molar-refractivity contribution is 9.10. The normalized spacial score (nSPS) is 12.5. The zero-order valence-electron chi connectivity index (χ0n) is 11.3. The minimum Gasteiger partial charge on any atom is -0.431 e. The smallest absolute Gasteiger partial charge is 0.387 e. The van der Waals surface area contributed by atoms with Gasteiger partial charge in [0, 0.05) is 11.8 Å². The van der Waals surface area contributed by atoms with Crippen LogP contribution in [0.5, 0.6) is 11.5 Å². The van der Waals surface area contributed by atoms with Crippen LogP contribution in [0.4, 0.5) is 17.6 Å². The number of benzene rings is 1. The first-order valence-electron chi connectivity index (χ1n) is 6.20. The highest BCUT2D eigenvalue weighted by Gasteiger charge is 2.18. The highest BCUT2D eigenvalue weighted by Crippen LogP contribution is 2.34. The molecule has 0 amide bonds. The highest BCUT2D eigenvalue weighted by atomic mass is 79.9. The first-order valence-corrected chi connectivity index (χ1v) is 6.99. The van der Waals surface area contributed by atoms with Crippen molar-refractivity contribution < 1.29 is 32.1 Å². The van der Waals surface area contributed by atoms with Gasteiger partial charge in [0.1, 0.15) is 10.7 Å². The quantitative estimate of drug-likeness (QED) is 0.590. The van der Waals surface area contributed by atoms with E-state index in [2.05, 4.69) is 30.4 Å². The third kappa shape index (κ3) is 4.80. The van der Waals surface area contributed by atoms with Gasteiger partial charge in [-0.3, -0.25) is 0 Å². The predicted octanol–water partition coefficient (Wildman–Crippen LogP) is 4.13. The van der Waals surface area contributed by atoms with Crippen molar-refractivity contribution in [2.75, 3.05) is 0 Å². The van der Waals surface area contributed by atoms with Crippen LogP contribution in [0, 0.1) is 0 Å². The SMILES string of the molecule is O[C@@H](c1ccc(Br)nc1)c1ccc(OC(F)F)c(OC(F)F)c1. The number of aromatic nitrogens is 1. The van der Waals surface area contributed by atoms with E-state index in [1.807, 2.05) is 0 Å². The molecule has 0 aliphatic rings. The second-order valence-electron chi connectivity index (χ2n) is 4.28. The van der Waals surface area contributed by atoms with Crippen LogP contribution < -0.4 is 9.47 Å². The predicted molar refractivity (Wildman–Crippen MR) is 75.7 cm³/mol. The molecular formula is C14H10BrF4NO3. The first-order chi connectivity index (χ1) is 10.9. The number of aliphatic hydroxyl groups is 1. The van der Waals surface area contributed by atoms with E-state index in [1.165, 1.54) is 12.3 Å². The average Bonchev–Trinajstić information content (AvgIpc) is 2.48. The molecule has 2 aromatic rings. The van der Waals surface area contributed by atoms with Crippen LogP contribution in [0.25, 0.3) is 0 Å². The fourth-order valence-electron chi connectivity index (χ4n) is 1.82. The Bertz CT molecular complexity index is 655. The third-order valence-electron chi connectivity index (χ3n) is 2.78. The largest absolute Gasteiger partial charge is 0.431 e. The van der Waals surface area contributed by atoms with Crippen molar-refractivity contribution in [3.63, 3.8) is 0 Å². The van der Waals surface area contributed by atoms with Crippen molar-refractivity contribution in [1.82, 2.24) is 4.98 Å². The molecule has 0 saturated carbocycles. The fraction of sp³-hybridized carbons (Fsp3) is 0.214. The van der Waals surface area contributed by atoms with Gasteiger partial charge in [-0.15, -0.1) is 0 Å². The number of ether oxygens (including phenoxy) is 2. The van der Waals surface area contributed by atoms with Crippen molar-refractivity contribution in [1.29, 1.82) is 0 Å². The lowest BCUT2D eigenvalue weighted by atomic mass is 10.0. The molecule has 9 heteroatoms. The molecule has 0 fully saturated rings. The Balaban J connectivity index is 2.33. The van der Waals surface area contributed by atoms with Crippen LogP contribution in [-0.2, 0) is 0 Å². The van der Waals surface area contributed by atoms with Crippen molar-refractivity contribution >= 4 is 15.9 Å². The molecule has 124 valence electrons. The fourth-order valence-corrected chi connectivity index (χ4v) is 2.05. The van der Waals surface area contributed by atoms with Gasteiger partial charge >= 0.3 is 13.2 Å². The summed E-state index contributed by atoms with van der Waals surface area (Å²) in [4.78, 5) is 3.93. The summed E-state index contributed by atoms with van der Waals surface area (Å²) in [5.74, 6) is -1.15. The maximum atomic E-state index is 12.4. The first kappa shape index (κ1) is 17.5. The van der Waals surface area contributed by atoms with E-state index in [4.69, 9.17) is 0 Å². The third-order valence-corrected chi connectivity index (χ3v) is 3.25. The van der Waals surface area contributed by atoms with Crippen molar-refractivity contribution in [3.8, 4) is 11.5 Å². The lowest BCUT2D eigenvalue weighted by Gasteiger charge is -2.16. The molecule has 0 bridgehead atoms. The van der Waals surface area contributed by atoms with E-state index in [-0.39, 0.29) is 5.56 Å². The van der Waals surface area contributed by atoms with Gasteiger partial charge in [0.25, 0.3) is 0 Å². The second-order valence-corrected chi connectivity index (χ2v) is 5.09. The number of hydrogen-bond acceptors (Lipinski definition) is 4. The molecular weight excluding hydrogens is 386 g/mol. The van der Waals surface area contributed by atoms with E-state index in [9.17, 15) is 22.7 Å². The van der Waals surface area contributed by atoms with E-state index >= 15 is 0 Å². The maximum Gasteiger partial charge on any atom is 0.387 e. The van der Waals surface area contributed by atoms with Crippen molar-refractivity contribution in [2.45, 2.75) is 19.3 Å². The minimum absolute atomic E-state index is 0.159. The Labute approximate surface area is 136 Å². The van der Waals surface area contributed by atoms with Crippen molar-refractivity contribution in [3.05, 3.63) is 52.3 Å². The Morgan fingerprint density at radius 1 is 0.913 bits per heavy atom. The second kappa shape index (κ2) is 7.60. The number of alkyl halides is 4. The molecule has 1 aromatic carbocycles. The lowest BCUT2D eigenvalue weighted by molar-refractivity contribution is -0.0693. The van der Waals surface area contributed by atoms with E-state index in [0.29, 0.717) is 10.2 Å². The Kier molecular flexibility index (Phi) is 5.78. The van der Waals surface area contributed by atoms with Gasteiger partial charge in [0.15, 0.2) is 11.5 Å². The molecule has 0 radical (unpaired) electrons. The van der Waals surface area contributed by atoms with Gasteiger partial charge in [0.05, 0.1) is 0 Å². The Morgan fingerprint density at radius 3 is 2.09 bits per heavy atom. The minimum atomic E-state index is -3.23. The summed E-state index contributed by atoms with van der Waals surface area (Å²) in [6, 6.07) is 6.45. The number of aliphatic hydroxyl groups excluding tert-OH is 1. The van der Waals surface area contributed by atoms with Gasteiger partial charge in [-0.2, -0.15) is 17.6 Å². The van der Waals surface area contributed by atoms with Crippen LogP contribution in [0.2, 0.25) is 0 Å². The number of hydrogen-bond donors (Lipinski definition) is 1. The standard InChI is InChI=1S/C14H10BrF4NO3/c15-11-4-2-8(6-20-11)12(21)7-1-3-9(22-13(16)17)10(5-7)23-14(18)19/h1-6,12-14,21H/t12-/m1/s1. The molecule has 1 atom stereocenters. The summed E-state index contributed by atoms with van der Waals surface area (Å²) in [5.41, 5.74) is 0.546. The molecule has 1 N–H and O–H groups in total. The van der Waals surface area contributed by atoms with Crippen LogP contribution in [0.3, 0.4) is 0 Å². The number of halogens is 5. The summed E-state index contributed by atoms with van der Waals surface area (Å²) in [6.45, 7) is -6.42. The molecule has 0 aliphatic carbocycles. The van der Waals surface area contributed by atoms with Crippen LogP contribution >= 0.6 is 15.9 Å². The molecule has 23 heavy (non-hydrogen) atoms. The van der Waals surface area contributed by atoms with E-state index < -0.39 is 30.8 Å². The topological polar surface area (TPSA) is 51.6 Å². The van der Waals surface area contributed by atoms with Gasteiger partial charge in [-0.25, -0.2) is 4.98 Å². The molecule has 0 unspecified atom stereocenters. The average molecular weight is 396 g/mol. The van der Waals surface area contributed by atoms with Gasteiger partial charge in [-0.05, 0) is 39.7 Å². The molecule has 0 aliphatic heterocycles. The van der Waals surface area contributed by atoms with E-state index in [0.717, 1.165) is 12.1 Å². The van der Waals surface area contributed by atoms with Crippen molar-refractivity contribution in [2.24, 2.45) is 0 Å². The Hall–Kier alpha value is -1.87. The van der Waals surface area contributed by atoms with Gasteiger partial charge < -0.3 is 14.6 Å². The number of rotatable bonds is 6. The lowest BCUT2D eigenvalue weighted by Crippen LogP contribution is -2.09. The van der Waals surface area contributed by atoms with Gasteiger partial charge in [0.2, 0.25) is 0 Å². The van der Waals surface area contributed by atoms with Crippen LogP contribution in [0.1, 0.15) is 17.2 Å². The number of pyridine rings is 1. The molecule has 1 aromatic heterocycles. The summed E-state index contributed by atoms with van der Waals surface area (Å²) >= 11 is 3.14. The summed E-state index contributed by atoms with van der Waals surface area (Å²) < 4.78 is 58.2. The van der Waals surface area contributed by atoms with Crippen LogP contribution in [0.15, 0.2) is 41.1 Å². The maximum absolute atomic E-state index is 12.4. The number of nitrogens with zero attached hydrogens (tertiary/aromatic N) is 1.